The highest BCUT2D eigenvalue weighted by atomic mass is 16.5. The van der Waals surface area contributed by atoms with Crippen LogP contribution in [0.4, 0.5) is 0 Å². The minimum atomic E-state index is -0.0799. The van der Waals surface area contributed by atoms with Crippen LogP contribution in [0.15, 0.2) is 65.8 Å². The van der Waals surface area contributed by atoms with Gasteiger partial charge in [-0.15, -0.1) is 0 Å². The van der Waals surface area contributed by atoms with E-state index in [1.54, 1.807) is 117 Å². The van der Waals surface area contributed by atoms with Crippen molar-refractivity contribution in [1.82, 2.24) is 0 Å². The third kappa shape index (κ3) is 1.97. The SMILES string of the molecule is COC(=O)CCCC1(c2ccccc2)C2C3=CC4CC5=CC6CC7Cc8cc9cc%10c%11c%12c9c9c8c7c7c8c%13c%14c(c3c(c%14c%12c89)C%11C21C=%10)C4C5=C%13C76. The lowest BCUT2D eigenvalue weighted by atomic mass is 9.63. The highest BCUT2D eigenvalue weighted by molar-refractivity contribution is 6.49. The Morgan fingerprint density at radius 2 is 1.60 bits per heavy atom. The standard InChI is InChI=1S/C51H32O2/c1-53-27(52)8-5-9-50(25-6-3-2-4-7-25)49-26-16-23-14-20-12-21-11-18-10-19-13-22-15-24-17-51(49,50)48-34(24)39-33(22)38-29(19)28(18)36-32(21)37-30(20)31(23)40-35(26)47(48)46-44(39)42(38)41(36)43(37)45(40)46/h2-4,6-7,12-13,15-18,21,23,31-32,48-49H,5,8-11,14H2,1H3. The largest absolute Gasteiger partial charge is 0.469 e. The fraction of sp³-hybridized carbons (Fsp3) is 0.314. The predicted molar refractivity (Wildman–Crippen MR) is 209 cm³/mol. The van der Waals surface area contributed by atoms with Crippen molar-refractivity contribution in [3.63, 3.8) is 0 Å². The Labute approximate surface area is 304 Å². The number of hydrogen-bond acceptors (Lipinski definition) is 2. The van der Waals surface area contributed by atoms with Crippen LogP contribution >= 0.6 is 0 Å². The summed E-state index contributed by atoms with van der Waals surface area (Å²) in [7, 11) is 1.55. The van der Waals surface area contributed by atoms with Crippen molar-refractivity contribution in [2.45, 2.75) is 67.6 Å². The van der Waals surface area contributed by atoms with Crippen molar-refractivity contribution in [2.75, 3.05) is 7.11 Å². The molecule has 0 aliphatic heterocycles. The van der Waals surface area contributed by atoms with Crippen molar-refractivity contribution >= 4 is 77.1 Å². The molecule has 9 unspecified atom stereocenters. The lowest BCUT2D eigenvalue weighted by Crippen LogP contribution is -2.26. The molecule has 0 amide bonds. The highest BCUT2D eigenvalue weighted by Crippen LogP contribution is 2.89. The van der Waals surface area contributed by atoms with Gasteiger partial charge in [0.15, 0.2) is 0 Å². The van der Waals surface area contributed by atoms with E-state index in [0.29, 0.717) is 47.8 Å². The third-order valence-electron chi connectivity index (χ3n) is 18.4. The number of methoxy groups -OCH3 is 1. The van der Waals surface area contributed by atoms with Gasteiger partial charge >= 0.3 is 5.97 Å². The molecule has 0 N–H and O–H groups in total. The van der Waals surface area contributed by atoms with E-state index in [-0.39, 0.29) is 16.8 Å². The molecule has 11 aliphatic rings. The summed E-state index contributed by atoms with van der Waals surface area (Å²) in [6.07, 6.45) is 14.7. The Bertz CT molecular complexity index is 3390. The number of carbonyl (C=O) groups excluding carboxylic acids is 1. The van der Waals surface area contributed by atoms with E-state index in [1.165, 1.54) is 35.4 Å². The average molecular weight is 677 g/mol. The molecule has 0 radical (unpaired) electrons. The van der Waals surface area contributed by atoms with Gasteiger partial charge < -0.3 is 4.74 Å². The molecule has 9 atom stereocenters. The molecule has 53 heavy (non-hydrogen) atoms. The molecule has 18 rings (SSSR count). The molecule has 0 saturated heterocycles. The second kappa shape index (κ2) is 6.92. The van der Waals surface area contributed by atoms with Gasteiger partial charge in [-0.25, -0.2) is 0 Å². The predicted octanol–water partition coefficient (Wildman–Crippen LogP) is 10.2. The molecular weight excluding hydrogens is 645 g/mol. The van der Waals surface area contributed by atoms with Crippen molar-refractivity contribution in [3.05, 3.63) is 121 Å². The molecule has 11 aliphatic carbocycles. The Kier molecular flexibility index (Phi) is 3.28. The van der Waals surface area contributed by atoms with Gasteiger partial charge in [0.2, 0.25) is 0 Å². The van der Waals surface area contributed by atoms with Gasteiger partial charge in [-0.3, -0.25) is 4.79 Å². The van der Waals surface area contributed by atoms with Crippen molar-refractivity contribution in [3.8, 4) is 0 Å². The van der Waals surface area contributed by atoms with Gasteiger partial charge in [-0.2, -0.15) is 0 Å². The van der Waals surface area contributed by atoms with Gasteiger partial charge in [0.1, 0.15) is 0 Å². The maximum Gasteiger partial charge on any atom is 0.305 e. The summed E-state index contributed by atoms with van der Waals surface area (Å²) < 4.78 is 5.24. The molecule has 0 aromatic heterocycles. The van der Waals surface area contributed by atoms with Crippen LogP contribution in [0.3, 0.4) is 0 Å². The van der Waals surface area contributed by atoms with Gasteiger partial charge in [0, 0.05) is 40.9 Å². The van der Waals surface area contributed by atoms with E-state index in [9.17, 15) is 4.79 Å². The molecule has 1 spiro atoms. The summed E-state index contributed by atoms with van der Waals surface area (Å²) in [6, 6.07) is 17.0. The first-order valence-electron chi connectivity index (χ1n) is 20.6. The number of rotatable bonds is 5. The van der Waals surface area contributed by atoms with E-state index >= 15 is 0 Å². The summed E-state index contributed by atoms with van der Waals surface area (Å²) in [5.41, 5.74) is 22.2. The maximum atomic E-state index is 12.7. The summed E-state index contributed by atoms with van der Waals surface area (Å²) in [5, 5.41) is 18.1. The van der Waals surface area contributed by atoms with Crippen LogP contribution in [-0.4, -0.2) is 13.1 Å². The summed E-state index contributed by atoms with van der Waals surface area (Å²) >= 11 is 0. The van der Waals surface area contributed by atoms with Gasteiger partial charge in [0.05, 0.1) is 7.11 Å². The second-order valence-corrected chi connectivity index (χ2v) is 19.4. The Balaban J connectivity index is 1.10. The normalized spacial score (nSPS) is 35.6. The second-order valence-electron chi connectivity index (χ2n) is 19.4. The molecule has 0 heterocycles. The molecule has 2 heteroatoms. The molecule has 7 aromatic rings. The van der Waals surface area contributed by atoms with Crippen molar-refractivity contribution < 1.29 is 9.53 Å². The smallest absolute Gasteiger partial charge is 0.305 e. The number of esters is 1. The molecular formula is C51H32O2. The molecule has 248 valence electrons. The summed E-state index contributed by atoms with van der Waals surface area (Å²) in [6.45, 7) is 0. The van der Waals surface area contributed by atoms with Crippen LogP contribution in [-0.2, 0) is 21.4 Å². The first kappa shape index (κ1) is 25.1. The average Bonchev–Trinajstić information content (AvgIpc) is 3.86. The quantitative estimate of drug-likeness (QED) is 0.134. The van der Waals surface area contributed by atoms with Gasteiger partial charge in [0.25, 0.3) is 0 Å². The van der Waals surface area contributed by atoms with Crippen LogP contribution < -0.4 is 5.22 Å². The van der Waals surface area contributed by atoms with E-state index < -0.39 is 0 Å². The van der Waals surface area contributed by atoms with Gasteiger partial charge in [-0.05, 0) is 187 Å². The van der Waals surface area contributed by atoms with E-state index in [4.69, 9.17) is 4.74 Å². The number of ether oxygens (including phenoxy) is 1. The summed E-state index contributed by atoms with van der Waals surface area (Å²) in [4.78, 5) is 12.7. The number of fused-ring (bicyclic) bond motifs is 1. The first-order chi connectivity index (χ1) is 26.2. The zero-order valence-corrected chi connectivity index (χ0v) is 29.4. The summed E-state index contributed by atoms with van der Waals surface area (Å²) in [5.74, 6) is 3.63. The number of hydrogen-bond donors (Lipinski definition) is 0. The zero-order valence-electron chi connectivity index (χ0n) is 29.4. The van der Waals surface area contributed by atoms with Crippen LogP contribution in [0.1, 0.15) is 106 Å². The van der Waals surface area contributed by atoms with E-state index in [0.717, 1.165) is 12.8 Å². The fourth-order valence-electron chi connectivity index (χ4n) is 17.7. The lowest BCUT2D eigenvalue weighted by molar-refractivity contribution is -0.140. The number of benzene rings is 5. The fourth-order valence-corrected chi connectivity index (χ4v) is 17.7. The highest BCUT2D eigenvalue weighted by Gasteiger charge is 2.83. The van der Waals surface area contributed by atoms with Crippen molar-refractivity contribution in [1.29, 1.82) is 0 Å². The topological polar surface area (TPSA) is 26.3 Å². The zero-order chi connectivity index (χ0) is 33.5. The molecule has 2 saturated carbocycles. The molecule has 7 aromatic carbocycles. The first-order valence-corrected chi connectivity index (χ1v) is 20.6. The van der Waals surface area contributed by atoms with Crippen LogP contribution in [0.5, 0.6) is 0 Å². The molecule has 2 fully saturated rings. The monoisotopic (exact) mass is 676 g/mol. The number of carbonyl (C=O) groups is 1. The van der Waals surface area contributed by atoms with Crippen LogP contribution in [0, 0.1) is 23.2 Å². The molecule has 2 nitrogen and oxygen atoms in total. The Morgan fingerprint density at radius 1 is 0.774 bits per heavy atom. The van der Waals surface area contributed by atoms with Crippen LogP contribution in [0.2, 0.25) is 0 Å². The van der Waals surface area contributed by atoms with Crippen molar-refractivity contribution in [2.24, 2.45) is 23.2 Å². The van der Waals surface area contributed by atoms with Gasteiger partial charge in [-0.1, -0.05) is 54.6 Å². The minimum absolute atomic E-state index is 0.0341. The van der Waals surface area contributed by atoms with E-state index in [1.807, 2.05) is 5.57 Å². The Morgan fingerprint density at radius 3 is 2.51 bits per heavy atom. The number of allylic oxidation sites excluding steroid dienone is 6. The van der Waals surface area contributed by atoms with Crippen LogP contribution in [0.25, 0.3) is 71.1 Å². The van der Waals surface area contributed by atoms with E-state index in [2.05, 4.69) is 60.7 Å². The third-order valence-corrected chi connectivity index (χ3v) is 18.4. The molecule has 0 bridgehead atoms. The maximum absolute atomic E-state index is 12.7. The minimum Gasteiger partial charge on any atom is -0.469 e. The Hall–Kier alpha value is -4.95. The lowest BCUT2D eigenvalue weighted by Gasteiger charge is -2.40.